The molecule has 66 valence electrons. The third-order valence-corrected chi connectivity index (χ3v) is 1.19. The Morgan fingerprint density at radius 3 is 2.33 bits per heavy atom. The summed E-state index contributed by atoms with van der Waals surface area (Å²) in [6.07, 6.45) is 2.63. The lowest BCUT2D eigenvalue weighted by Crippen LogP contribution is -2.10. The van der Waals surface area contributed by atoms with E-state index in [-0.39, 0.29) is 12.2 Å². The van der Waals surface area contributed by atoms with Crippen molar-refractivity contribution in [2.75, 3.05) is 0 Å². The monoisotopic (exact) mass is 170 g/mol. The van der Waals surface area contributed by atoms with Crippen LogP contribution in [-0.2, 0) is 14.4 Å². The molecule has 0 radical (unpaired) electrons. The maximum atomic E-state index is 10.6. The minimum absolute atomic E-state index is 0.117. The summed E-state index contributed by atoms with van der Waals surface area (Å²) < 4.78 is 0. The van der Waals surface area contributed by atoms with E-state index in [1.807, 2.05) is 0 Å². The molecule has 0 amide bonds. The molecule has 0 aromatic heterocycles. The molecule has 0 saturated heterocycles. The first-order valence-electron chi connectivity index (χ1n) is 3.53. The van der Waals surface area contributed by atoms with Gasteiger partial charge in [0.15, 0.2) is 5.78 Å². The Labute approximate surface area is 69.9 Å². The van der Waals surface area contributed by atoms with Gasteiger partial charge in [-0.25, -0.2) is 4.79 Å². The predicted octanol–water partition coefficient (Wildman–Crippen LogP) is 0.565. The first-order valence-corrected chi connectivity index (χ1v) is 3.53. The van der Waals surface area contributed by atoms with Crippen LogP contribution in [0.2, 0.25) is 0 Å². The van der Waals surface area contributed by atoms with Crippen molar-refractivity contribution in [3.63, 3.8) is 0 Å². The second-order valence-electron chi connectivity index (χ2n) is 2.15. The third-order valence-electron chi connectivity index (χ3n) is 1.19. The highest BCUT2D eigenvalue weighted by Gasteiger charge is 2.07. The van der Waals surface area contributed by atoms with Gasteiger partial charge in [-0.05, 0) is 6.08 Å². The van der Waals surface area contributed by atoms with Gasteiger partial charge in [0.05, 0.1) is 0 Å². The summed E-state index contributed by atoms with van der Waals surface area (Å²) in [5.41, 5.74) is 0. The molecule has 0 rings (SSSR count). The molecular formula is C8H10O4. The molecule has 0 saturated carbocycles. The third kappa shape index (κ3) is 4.38. The zero-order valence-electron chi connectivity index (χ0n) is 6.74. The molecule has 0 atom stereocenters. The van der Waals surface area contributed by atoms with Crippen molar-refractivity contribution in [3.8, 4) is 0 Å². The van der Waals surface area contributed by atoms with E-state index >= 15 is 0 Å². The molecule has 0 aromatic rings. The summed E-state index contributed by atoms with van der Waals surface area (Å²) in [5.74, 6) is -2.49. The zero-order chi connectivity index (χ0) is 9.56. The van der Waals surface area contributed by atoms with E-state index in [2.05, 4.69) is 0 Å². The Morgan fingerprint density at radius 2 is 1.92 bits per heavy atom. The lowest BCUT2D eigenvalue weighted by molar-refractivity contribution is -0.148. The molecule has 12 heavy (non-hydrogen) atoms. The summed E-state index contributed by atoms with van der Waals surface area (Å²) in [4.78, 5) is 31.0. The fraction of sp³-hybridized carbons (Fsp3) is 0.375. The van der Waals surface area contributed by atoms with Crippen LogP contribution in [0.25, 0.3) is 0 Å². The van der Waals surface area contributed by atoms with Crippen LogP contribution in [0.1, 0.15) is 19.8 Å². The number of allylic oxidation sites excluding steroid dienone is 2. The summed E-state index contributed by atoms with van der Waals surface area (Å²) in [5, 5.41) is 8.14. The van der Waals surface area contributed by atoms with Crippen LogP contribution in [0.5, 0.6) is 0 Å². The second kappa shape index (κ2) is 5.23. The van der Waals surface area contributed by atoms with Gasteiger partial charge in [0, 0.05) is 12.8 Å². The smallest absolute Gasteiger partial charge is 0.372 e. The highest BCUT2D eigenvalue weighted by molar-refractivity contribution is 6.33. The molecule has 0 heterocycles. The summed E-state index contributed by atoms with van der Waals surface area (Å²) in [7, 11) is 0. The highest BCUT2D eigenvalue weighted by Crippen LogP contribution is 1.89. The number of rotatable bonds is 5. The average Bonchev–Trinajstić information content (AvgIpc) is 2.03. The second-order valence-corrected chi connectivity index (χ2v) is 2.15. The molecule has 0 spiro atoms. The molecule has 1 N–H and O–H groups in total. The van der Waals surface area contributed by atoms with Gasteiger partial charge in [0.2, 0.25) is 5.78 Å². The maximum absolute atomic E-state index is 10.6. The Bertz CT molecular complexity index is 227. The number of Topliss-reactive ketones (excluding diaryl/α,β-unsaturated/α-hetero) is 1. The number of carbonyl (C=O) groups is 3. The Kier molecular flexibility index (Phi) is 4.60. The van der Waals surface area contributed by atoms with Crippen molar-refractivity contribution in [3.05, 3.63) is 12.2 Å². The van der Waals surface area contributed by atoms with Crippen LogP contribution < -0.4 is 0 Å². The fourth-order valence-electron chi connectivity index (χ4n) is 0.503. The van der Waals surface area contributed by atoms with Gasteiger partial charge in [0.1, 0.15) is 0 Å². The number of carbonyl (C=O) groups excluding carboxylic acids is 2. The standard InChI is InChI=1S/C8H10O4/c1-2-6(9)4-3-5-7(10)8(11)12/h3-4H,2,5H2,1H3,(H,11,12). The van der Waals surface area contributed by atoms with Crippen molar-refractivity contribution in [2.45, 2.75) is 19.8 Å². The largest absolute Gasteiger partial charge is 0.475 e. The number of carboxylic acid groups (broad SMARTS) is 1. The van der Waals surface area contributed by atoms with Crippen LogP contribution in [-0.4, -0.2) is 22.6 Å². The molecule has 0 fully saturated rings. The van der Waals surface area contributed by atoms with Crippen LogP contribution >= 0.6 is 0 Å². The quantitative estimate of drug-likeness (QED) is 0.483. The number of aliphatic carboxylic acids is 1. The number of hydrogen-bond acceptors (Lipinski definition) is 3. The molecule has 0 bridgehead atoms. The Morgan fingerprint density at radius 1 is 1.33 bits per heavy atom. The molecule has 0 aliphatic carbocycles. The fourth-order valence-corrected chi connectivity index (χ4v) is 0.503. The molecule has 0 aromatic carbocycles. The van der Waals surface area contributed by atoms with Crippen LogP contribution in [0.3, 0.4) is 0 Å². The van der Waals surface area contributed by atoms with E-state index in [1.54, 1.807) is 6.92 Å². The van der Waals surface area contributed by atoms with E-state index in [0.717, 1.165) is 0 Å². The first kappa shape index (κ1) is 10.6. The van der Waals surface area contributed by atoms with E-state index in [4.69, 9.17) is 5.11 Å². The van der Waals surface area contributed by atoms with Crippen molar-refractivity contribution in [1.82, 2.24) is 0 Å². The molecular weight excluding hydrogens is 160 g/mol. The molecule has 4 heteroatoms. The van der Waals surface area contributed by atoms with Crippen molar-refractivity contribution < 1.29 is 19.5 Å². The summed E-state index contributed by atoms with van der Waals surface area (Å²) in [6.45, 7) is 1.69. The normalized spacial score (nSPS) is 10.1. The van der Waals surface area contributed by atoms with E-state index in [1.165, 1.54) is 12.2 Å². The topological polar surface area (TPSA) is 71.4 Å². The summed E-state index contributed by atoms with van der Waals surface area (Å²) >= 11 is 0. The Balaban J connectivity index is 3.83. The lowest BCUT2D eigenvalue weighted by atomic mass is 10.2. The highest BCUT2D eigenvalue weighted by atomic mass is 16.4. The average molecular weight is 170 g/mol. The number of hydrogen-bond donors (Lipinski definition) is 1. The van der Waals surface area contributed by atoms with E-state index in [0.29, 0.717) is 6.42 Å². The lowest BCUT2D eigenvalue weighted by Gasteiger charge is -1.86. The van der Waals surface area contributed by atoms with Crippen LogP contribution in [0, 0.1) is 0 Å². The van der Waals surface area contributed by atoms with Crippen LogP contribution in [0.15, 0.2) is 12.2 Å². The van der Waals surface area contributed by atoms with Gasteiger partial charge in [-0.1, -0.05) is 13.0 Å². The van der Waals surface area contributed by atoms with Crippen LogP contribution in [0.4, 0.5) is 0 Å². The Hall–Kier alpha value is -1.45. The maximum Gasteiger partial charge on any atom is 0.372 e. The molecule has 0 unspecified atom stereocenters. The molecule has 0 aliphatic rings. The van der Waals surface area contributed by atoms with Crippen molar-refractivity contribution >= 4 is 17.5 Å². The van der Waals surface area contributed by atoms with Gasteiger partial charge in [-0.3, -0.25) is 9.59 Å². The van der Waals surface area contributed by atoms with E-state index < -0.39 is 11.8 Å². The predicted molar refractivity (Wildman–Crippen MR) is 41.7 cm³/mol. The number of carboxylic acids is 1. The van der Waals surface area contributed by atoms with Gasteiger partial charge in [-0.15, -0.1) is 0 Å². The SMILES string of the molecule is CCC(=O)C=CCC(=O)C(=O)O. The van der Waals surface area contributed by atoms with E-state index in [9.17, 15) is 14.4 Å². The van der Waals surface area contributed by atoms with Gasteiger partial charge in [0.25, 0.3) is 0 Å². The number of ketones is 2. The minimum atomic E-state index is -1.47. The minimum Gasteiger partial charge on any atom is -0.475 e. The van der Waals surface area contributed by atoms with Gasteiger partial charge >= 0.3 is 5.97 Å². The van der Waals surface area contributed by atoms with Gasteiger partial charge < -0.3 is 5.11 Å². The molecule has 0 aliphatic heterocycles. The van der Waals surface area contributed by atoms with Crippen molar-refractivity contribution in [2.24, 2.45) is 0 Å². The van der Waals surface area contributed by atoms with Gasteiger partial charge in [-0.2, -0.15) is 0 Å². The summed E-state index contributed by atoms with van der Waals surface area (Å²) in [6, 6.07) is 0. The molecule has 4 nitrogen and oxygen atoms in total. The first-order chi connectivity index (χ1) is 5.57. The zero-order valence-corrected chi connectivity index (χ0v) is 6.74. The van der Waals surface area contributed by atoms with Crippen molar-refractivity contribution in [1.29, 1.82) is 0 Å².